The number of ether oxygens (including phenoxy) is 12. The van der Waals surface area contributed by atoms with Crippen LogP contribution in [-0.2, 0) is 52.1 Å². The van der Waals surface area contributed by atoms with E-state index in [2.05, 4.69) is 13.8 Å². The van der Waals surface area contributed by atoms with E-state index in [0.29, 0.717) is 92.5 Å². The molecule has 0 N–H and O–H groups in total. The Bertz CT molecular complexity index is 962. The molecule has 56 heavy (non-hydrogen) atoms. The van der Waals surface area contributed by atoms with Crippen LogP contribution in [0.15, 0.2) is 24.3 Å². The summed E-state index contributed by atoms with van der Waals surface area (Å²) in [4.78, 5) is 22.8. The largest absolute Gasteiger partial charge is 0.514 e. The minimum Gasteiger partial charge on any atom is -0.426 e. The zero-order valence-electron chi connectivity index (χ0n) is 34.2. The van der Waals surface area contributed by atoms with Crippen LogP contribution >= 0.6 is 0 Å². The van der Waals surface area contributed by atoms with Gasteiger partial charge in [0.25, 0.3) is 5.69 Å². The maximum atomic E-state index is 12.4. The summed E-state index contributed by atoms with van der Waals surface area (Å²) in [5.41, 5.74) is -0.129. The number of hydrogen-bond acceptors (Lipinski definition) is 15. The topological polar surface area (TPSA) is 171 Å². The number of hydrogen-bond donors (Lipinski definition) is 0. The van der Waals surface area contributed by atoms with Gasteiger partial charge >= 0.3 is 6.16 Å². The molecule has 1 aromatic rings. The number of carbonyl (C=O) groups is 1. The molecular weight excluding hydrogens is 734 g/mol. The molecule has 0 aliphatic heterocycles. The van der Waals surface area contributed by atoms with E-state index in [1.54, 1.807) is 0 Å². The highest BCUT2D eigenvalue weighted by Gasteiger charge is 2.18. The minimum absolute atomic E-state index is 0.0249. The van der Waals surface area contributed by atoms with Crippen molar-refractivity contribution in [2.75, 3.05) is 132 Å². The molecule has 1 aromatic carbocycles. The average Bonchev–Trinajstić information content (AvgIpc) is 3.19. The molecule has 0 aromatic heterocycles. The normalized spacial score (nSPS) is 11.4. The standard InChI is InChI=1S/C40H71NO15/c1-3-5-7-9-11-17-45-19-21-47-23-25-49-27-29-51-31-33-53-35-39(56-40(42)55-38-15-13-37(14-16-38)41(43)44)36-54-34-32-52-30-28-50-26-24-48-22-20-46-18-12-10-8-6-4-2/h13-16,39H,3-12,17-36H2,1-2H3. The SMILES string of the molecule is CCCCCCCOCCOCCOCCOCCOCC(COCCOCCOCCOCCOCCCCCCC)OC(=O)Oc1ccc([N+](=O)[O-])cc1. The maximum Gasteiger partial charge on any atom is 0.514 e. The fourth-order valence-corrected chi connectivity index (χ4v) is 4.81. The lowest BCUT2D eigenvalue weighted by Gasteiger charge is -2.18. The van der Waals surface area contributed by atoms with Gasteiger partial charge in [0.1, 0.15) is 5.75 Å². The fourth-order valence-electron chi connectivity index (χ4n) is 4.81. The zero-order chi connectivity index (χ0) is 40.4. The summed E-state index contributed by atoms with van der Waals surface area (Å²) in [6.45, 7) is 13.0. The molecule has 0 spiro atoms. The van der Waals surface area contributed by atoms with Gasteiger partial charge in [0, 0.05) is 25.3 Å². The van der Waals surface area contributed by atoms with Crippen molar-refractivity contribution in [3.8, 4) is 5.75 Å². The van der Waals surface area contributed by atoms with Crippen molar-refractivity contribution in [3.05, 3.63) is 34.4 Å². The first-order valence-electron chi connectivity index (χ1n) is 20.5. The lowest BCUT2D eigenvalue weighted by atomic mass is 10.2. The third-order valence-corrected chi connectivity index (χ3v) is 7.88. The Balaban J connectivity index is 2.14. The number of rotatable bonds is 43. The van der Waals surface area contributed by atoms with Gasteiger partial charge in [0.15, 0.2) is 6.10 Å². The van der Waals surface area contributed by atoms with E-state index in [0.717, 1.165) is 26.1 Å². The van der Waals surface area contributed by atoms with E-state index in [9.17, 15) is 14.9 Å². The number of nitro groups is 1. The summed E-state index contributed by atoms with van der Waals surface area (Å²) < 4.78 is 66.2. The van der Waals surface area contributed by atoms with E-state index < -0.39 is 17.2 Å². The average molecular weight is 806 g/mol. The number of nitro benzene ring substituents is 1. The van der Waals surface area contributed by atoms with Gasteiger partial charge in [-0.3, -0.25) is 10.1 Å². The number of benzene rings is 1. The lowest BCUT2D eigenvalue weighted by molar-refractivity contribution is -0.384. The first-order valence-corrected chi connectivity index (χ1v) is 20.5. The Hall–Kier alpha value is -2.51. The second-order valence-corrected chi connectivity index (χ2v) is 12.7. The molecule has 0 saturated heterocycles. The fraction of sp³-hybridized carbons (Fsp3) is 0.825. The van der Waals surface area contributed by atoms with Gasteiger partial charge in [-0.1, -0.05) is 65.2 Å². The molecule has 0 heterocycles. The summed E-state index contributed by atoms with van der Waals surface area (Å²) in [6.07, 6.45) is 10.4. The van der Waals surface area contributed by atoms with Crippen molar-refractivity contribution >= 4 is 11.8 Å². The zero-order valence-corrected chi connectivity index (χ0v) is 34.2. The van der Waals surface area contributed by atoms with Gasteiger partial charge in [-0.15, -0.1) is 0 Å². The van der Waals surface area contributed by atoms with Crippen LogP contribution in [0.25, 0.3) is 0 Å². The number of carbonyl (C=O) groups excluding carboxylic acids is 1. The van der Waals surface area contributed by atoms with Crippen LogP contribution in [0.3, 0.4) is 0 Å². The monoisotopic (exact) mass is 805 g/mol. The summed E-state index contributed by atoms with van der Waals surface area (Å²) in [5, 5.41) is 10.9. The highest BCUT2D eigenvalue weighted by atomic mass is 16.7. The van der Waals surface area contributed by atoms with Gasteiger partial charge in [-0.05, 0) is 25.0 Å². The first-order chi connectivity index (χ1) is 27.6. The van der Waals surface area contributed by atoms with Crippen molar-refractivity contribution in [2.45, 2.75) is 84.2 Å². The Morgan fingerprint density at radius 3 is 1.14 bits per heavy atom. The molecule has 0 saturated carbocycles. The first kappa shape index (κ1) is 51.5. The van der Waals surface area contributed by atoms with E-state index in [4.69, 9.17) is 56.8 Å². The van der Waals surface area contributed by atoms with Crippen molar-refractivity contribution in [1.29, 1.82) is 0 Å². The van der Waals surface area contributed by atoms with Crippen LogP contribution in [0.4, 0.5) is 10.5 Å². The predicted molar refractivity (Wildman–Crippen MR) is 210 cm³/mol. The van der Waals surface area contributed by atoms with Crippen molar-refractivity contribution in [2.24, 2.45) is 0 Å². The minimum atomic E-state index is -0.999. The second-order valence-electron chi connectivity index (χ2n) is 12.7. The molecule has 0 aliphatic rings. The molecule has 0 aliphatic carbocycles. The van der Waals surface area contributed by atoms with Crippen LogP contribution in [-0.4, -0.2) is 149 Å². The molecule has 1 rings (SSSR count). The smallest absolute Gasteiger partial charge is 0.426 e. The Kier molecular flexibility index (Phi) is 37.4. The maximum absolute atomic E-state index is 12.4. The molecule has 16 heteroatoms. The van der Waals surface area contributed by atoms with Crippen LogP contribution in [0, 0.1) is 10.1 Å². The quantitative estimate of drug-likeness (QED) is 0.0228. The third kappa shape index (κ3) is 34.7. The third-order valence-electron chi connectivity index (χ3n) is 7.88. The second kappa shape index (κ2) is 40.7. The summed E-state index contributed by atoms with van der Waals surface area (Å²) >= 11 is 0. The van der Waals surface area contributed by atoms with Crippen LogP contribution in [0.5, 0.6) is 5.75 Å². The van der Waals surface area contributed by atoms with Crippen molar-refractivity contribution < 1.29 is 66.6 Å². The molecule has 326 valence electrons. The molecule has 0 amide bonds. The van der Waals surface area contributed by atoms with E-state index in [1.165, 1.54) is 75.6 Å². The molecule has 16 nitrogen and oxygen atoms in total. The molecule has 0 bridgehead atoms. The Labute approximate surface area is 334 Å². The molecule has 0 radical (unpaired) electrons. The van der Waals surface area contributed by atoms with Crippen molar-refractivity contribution in [1.82, 2.24) is 0 Å². The Morgan fingerprint density at radius 2 is 0.804 bits per heavy atom. The van der Waals surface area contributed by atoms with E-state index in [-0.39, 0.29) is 37.9 Å². The highest BCUT2D eigenvalue weighted by molar-refractivity contribution is 5.64. The molecule has 0 unspecified atom stereocenters. The van der Waals surface area contributed by atoms with Crippen LogP contribution < -0.4 is 4.74 Å². The molecule has 0 atom stereocenters. The van der Waals surface area contributed by atoms with Gasteiger partial charge in [0.05, 0.1) is 124 Å². The van der Waals surface area contributed by atoms with Gasteiger partial charge in [-0.25, -0.2) is 4.79 Å². The Morgan fingerprint density at radius 1 is 0.482 bits per heavy atom. The van der Waals surface area contributed by atoms with Gasteiger partial charge < -0.3 is 56.8 Å². The van der Waals surface area contributed by atoms with Gasteiger partial charge in [0.2, 0.25) is 0 Å². The lowest BCUT2D eigenvalue weighted by Crippen LogP contribution is -2.31. The van der Waals surface area contributed by atoms with Crippen molar-refractivity contribution in [3.63, 3.8) is 0 Å². The predicted octanol–water partition coefficient (Wildman–Crippen LogP) is 6.59. The molecular formula is C40H71NO15. The number of nitrogens with zero attached hydrogens (tertiary/aromatic N) is 1. The number of non-ortho nitro benzene ring substituents is 1. The summed E-state index contributed by atoms with van der Waals surface area (Å²) in [5.74, 6) is 0.0978. The van der Waals surface area contributed by atoms with E-state index in [1.807, 2.05) is 0 Å². The van der Waals surface area contributed by atoms with Gasteiger partial charge in [-0.2, -0.15) is 0 Å². The van der Waals surface area contributed by atoms with Crippen LogP contribution in [0.2, 0.25) is 0 Å². The van der Waals surface area contributed by atoms with Crippen LogP contribution in [0.1, 0.15) is 78.1 Å². The van der Waals surface area contributed by atoms with E-state index >= 15 is 0 Å². The summed E-state index contributed by atoms with van der Waals surface area (Å²) in [7, 11) is 0. The number of unbranched alkanes of at least 4 members (excludes halogenated alkanes) is 8. The highest BCUT2D eigenvalue weighted by Crippen LogP contribution is 2.18. The summed E-state index contributed by atoms with van der Waals surface area (Å²) in [6, 6.07) is 5.07. The molecule has 0 fully saturated rings.